The summed E-state index contributed by atoms with van der Waals surface area (Å²) in [4.78, 5) is 41.2. The van der Waals surface area contributed by atoms with Crippen molar-refractivity contribution in [1.29, 1.82) is 0 Å². The Bertz CT molecular complexity index is 1210. The van der Waals surface area contributed by atoms with Crippen molar-refractivity contribution in [2.45, 2.75) is 32.4 Å². The molecule has 40 heavy (non-hydrogen) atoms. The molecule has 2 heterocycles. The van der Waals surface area contributed by atoms with Gasteiger partial charge in [-0.1, -0.05) is 12.1 Å². The number of nitro groups is 1. The van der Waals surface area contributed by atoms with Gasteiger partial charge in [-0.15, -0.1) is 0 Å². The Kier molecular flexibility index (Phi) is 9.67. The number of rotatable bonds is 10. The Labute approximate surface area is 233 Å². The molecule has 0 saturated carbocycles. The number of non-ortho nitro benzene ring substituents is 1. The molecule has 2 aromatic carbocycles. The van der Waals surface area contributed by atoms with Crippen molar-refractivity contribution < 1.29 is 24.0 Å². The predicted molar refractivity (Wildman–Crippen MR) is 149 cm³/mol. The minimum absolute atomic E-state index is 0.0194. The Balaban J connectivity index is 1.57. The van der Waals surface area contributed by atoms with Gasteiger partial charge in [-0.05, 0) is 49.2 Å². The number of hydrogen-bond donors (Lipinski definition) is 1. The molecule has 12 nitrogen and oxygen atoms in total. The predicted octanol–water partition coefficient (Wildman–Crippen LogP) is 3.03. The van der Waals surface area contributed by atoms with Crippen LogP contribution in [0.15, 0.2) is 53.6 Å². The van der Waals surface area contributed by atoms with E-state index in [0.29, 0.717) is 49.7 Å². The number of benzene rings is 2. The summed E-state index contributed by atoms with van der Waals surface area (Å²) < 4.78 is 10.7. The van der Waals surface area contributed by atoms with E-state index in [0.717, 1.165) is 18.7 Å². The zero-order valence-electron chi connectivity index (χ0n) is 23.1. The molecule has 1 N–H and O–H groups in total. The fraction of sp³-hybridized carbons (Fsp3) is 0.464. The van der Waals surface area contributed by atoms with Gasteiger partial charge in [0.1, 0.15) is 12.3 Å². The molecule has 1 atom stereocenters. The lowest BCUT2D eigenvalue weighted by Crippen LogP contribution is -2.50. The Morgan fingerprint density at radius 3 is 2.42 bits per heavy atom. The number of hydrazone groups is 1. The first-order chi connectivity index (χ1) is 19.2. The molecule has 2 aliphatic heterocycles. The smallest absolute Gasteiger partial charge is 0.318 e. The molecule has 0 spiro atoms. The molecule has 214 valence electrons. The van der Waals surface area contributed by atoms with E-state index in [1.54, 1.807) is 19.2 Å². The average Bonchev–Trinajstić information content (AvgIpc) is 3.41. The van der Waals surface area contributed by atoms with Gasteiger partial charge >= 0.3 is 6.03 Å². The highest BCUT2D eigenvalue weighted by Crippen LogP contribution is 2.34. The number of nitro benzene ring substituents is 1. The summed E-state index contributed by atoms with van der Waals surface area (Å²) >= 11 is 0. The van der Waals surface area contributed by atoms with Gasteiger partial charge in [0.2, 0.25) is 0 Å². The summed E-state index contributed by atoms with van der Waals surface area (Å²) in [7, 11) is 1.59. The van der Waals surface area contributed by atoms with Crippen LogP contribution in [0.2, 0.25) is 0 Å². The van der Waals surface area contributed by atoms with Gasteiger partial charge < -0.3 is 19.7 Å². The van der Waals surface area contributed by atoms with Gasteiger partial charge in [-0.25, -0.2) is 9.80 Å². The first-order valence-electron chi connectivity index (χ1n) is 13.4. The van der Waals surface area contributed by atoms with Gasteiger partial charge in [0.25, 0.3) is 11.6 Å². The molecule has 2 aromatic rings. The zero-order valence-corrected chi connectivity index (χ0v) is 23.1. The zero-order chi connectivity index (χ0) is 28.6. The van der Waals surface area contributed by atoms with Gasteiger partial charge in [0, 0.05) is 50.8 Å². The lowest BCUT2D eigenvalue weighted by Gasteiger charge is -2.31. The SMILES string of the molecule is COc1ccc([C@@H]2CC(c3ccc([N+](=O)[O-])cc3)=NN2C(=O)CN(CCN2CCOCC2)C(=O)NC(C)C)cc1. The maximum absolute atomic E-state index is 13.8. The first kappa shape index (κ1) is 29.0. The van der Waals surface area contributed by atoms with Gasteiger partial charge in [0.05, 0.1) is 37.0 Å². The maximum Gasteiger partial charge on any atom is 0.318 e. The van der Waals surface area contributed by atoms with Crippen molar-refractivity contribution in [2.24, 2.45) is 5.10 Å². The van der Waals surface area contributed by atoms with Gasteiger partial charge in [0.15, 0.2) is 0 Å². The number of urea groups is 1. The van der Waals surface area contributed by atoms with Gasteiger partial charge in [-0.2, -0.15) is 5.10 Å². The van der Waals surface area contributed by atoms with E-state index in [4.69, 9.17) is 9.47 Å². The van der Waals surface area contributed by atoms with Crippen LogP contribution < -0.4 is 10.1 Å². The van der Waals surface area contributed by atoms with Crippen LogP contribution in [0.3, 0.4) is 0 Å². The Hall–Kier alpha value is -4.03. The van der Waals surface area contributed by atoms with E-state index in [1.165, 1.54) is 22.0 Å². The van der Waals surface area contributed by atoms with Crippen molar-refractivity contribution >= 4 is 23.3 Å². The minimum atomic E-state index is -0.454. The van der Waals surface area contributed by atoms with Crippen LogP contribution in [0.5, 0.6) is 5.75 Å². The summed E-state index contributed by atoms with van der Waals surface area (Å²) in [6.07, 6.45) is 0.419. The fourth-order valence-corrected chi connectivity index (χ4v) is 4.69. The molecule has 0 aromatic heterocycles. The van der Waals surface area contributed by atoms with E-state index in [1.807, 2.05) is 38.1 Å². The highest BCUT2D eigenvalue weighted by molar-refractivity contribution is 6.03. The molecule has 3 amide bonds. The number of morpholine rings is 1. The summed E-state index contributed by atoms with van der Waals surface area (Å²) in [5.74, 6) is 0.370. The average molecular weight is 553 g/mol. The number of carbonyl (C=O) groups is 2. The van der Waals surface area contributed by atoms with Crippen LogP contribution in [0.4, 0.5) is 10.5 Å². The fourth-order valence-electron chi connectivity index (χ4n) is 4.69. The number of methoxy groups -OCH3 is 1. The van der Waals surface area contributed by atoms with Crippen molar-refractivity contribution in [3.63, 3.8) is 0 Å². The summed E-state index contributed by atoms with van der Waals surface area (Å²) in [6, 6.07) is 12.8. The third-order valence-electron chi connectivity index (χ3n) is 6.89. The second-order valence-electron chi connectivity index (χ2n) is 10.1. The van der Waals surface area contributed by atoms with E-state index < -0.39 is 11.0 Å². The Morgan fingerprint density at radius 2 is 1.82 bits per heavy atom. The molecule has 4 rings (SSSR count). The van der Waals surface area contributed by atoms with Crippen molar-refractivity contribution in [3.8, 4) is 5.75 Å². The minimum Gasteiger partial charge on any atom is -0.497 e. The molecule has 1 fully saturated rings. The molecule has 0 radical (unpaired) electrons. The highest BCUT2D eigenvalue weighted by Gasteiger charge is 2.34. The molecular weight excluding hydrogens is 516 g/mol. The normalized spacial score (nSPS) is 17.4. The third-order valence-corrected chi connectivity index (χ3v) is 6.89. The molecule has 0 aliphatic carbocycles. The number of nitrogens with zero attached hydrogens (tertiary/aromatic N) is 5. The molecule has 1 saturated heterocycles. The number of hydrogen-bond acceptors (Lipinski definition) is 8. The first-order valence-corrected chi connectivity index (χ1v) is 13.4. The number of carbonyl (C=O) groups excluding carboxylic acids is 2. The monoisotopic (exact) mass is 552 g/mol. The lowest BCUT2D eigenvalue weighted by atomic mass is 9.98. The quantitative estimate of drug-likeness (QED) is 0.354. The summed E-state index contributed by atoms with van der Waals surface area (Å²) in [6.45, 7) is 7.47. The van der Waals surface area contributed by atoms with Crippen molar-refractivity contribution in [2.75, 3.05) is 53.0 Å². The molecule has 12 heteroatoms. The van der Waals surface area contributed by atoms with E-state index in [9.17, 15) is 19.7 Å². The second-order valence-corrected chi connectivity index (χ2v) is 10.1. The molecular formula is C28H36N6O6. The molecule has 2 aliphatic rings. The Morgan fingerprint density at radius 1 is 1.15 bits per heavy atom. The van der Waals surface area contributed by atoms with Crippen LogP contribution in [-0.4, -0.2) is 96.5 Å². The van der Waals surface area contributed by atoms with Crippen LogP contribution in [0, 0.1) is 10.1 Å². The summed E-state index contributed by atoms with van der Waals surface area (Å²) in [5.41, 5.74) is 2.17. The number of nitrogens with one attached hydrogen (secondary N) is 1. The molecule has 0 bridgehead atoms. The van der Waals surface area contributed by atoms with Crippen LogP contribution >= 0.6 is 0 Å². The van der Waals surface area contributed by atoms with E-state index >= 15 is 0 Å². The molecule has 0 unspecified atom stereocenters. The standard InChI is InChI=1S/C28H36N6O6/c1-20(2)29-28(36)32(13-12-31-14-16-40-17-15-31)19-27(35)33-26(22-6-10-24(39-3)11-7-22)18-25(30-33)21-4-8-23(9-5-21)34(37)38/h4-11,20,26H,12-19H2,1-3H3,(H,29,36)/t26-/m0/s1. The third kappa shape index (κ3) is 7.33. The maximum atomic E-state index is 13.8. The second kappa shape index (κ2) is 13.4. The van der Waals surface area contributed by atoms with Crippen LogP contribution in [0.1, 0.15) is 37.4 Å². The van der Waals surface area contributed by atoms with Crippen LogP contribution in [-0.2, 0) is 9.53 Å². The van der Waals surface area contributed by atoms with Crippen molar-refractivity contribution in [1.82, 2.24) is 20.1 Å². The topological polar surface area (TPSA) is 130 Å². The largest absolute Gasteiger partial charge is 0.497 e. The van der Waals surface area contributed by atoms with Gasteiger partial charge in [-0.3, -0.25) is 19.8 Å². The van der Waals surface area contributed by atoms with Crippen molar-refractivity contribution in [3.05, 3.63) is 69.8 Å². The number of ether oxygens (including phenoxy) is 2. The van der Waals surface area contributed by atoms with E-state index in [-0.39, 0.29) is 30.2 Å². The highest BCUT2D eigenvalue weighted by atomic mass is 16.6. The number of amides is 3. The lowest BCUT2D eigenvalue weighted by molar-refractivity contribution is -0.384. The van der Waals surface area contributed by atoms with E-state index in [2.05, 4.69) is 15.3 Å². The summed E-state index contributed by atoms with van der Waals surface area (Å²) in [5, 5.41) is 20.1. The van der Waals surface area contributed by atoms with Crippen LogP contribution in [0.25, 0.3) is 0 Å².